The summed E-state index contributed by atoms with van der Waals surface area (Å²) in [6.45, 7) is 7.54. The summed E-state index contributed by atoms with van der Waals surface area (Å²) >= 11 is 4.90. The Hall–Kier alpha value is -0.940. The fourth-order valence-electron chi connectivity index (χ4n) is 1.42. The average Bonchev–Trinajstić information content (AvgIpc) is 2.64. The number of thiocarbonyl (C=S) groups is 1. The topological polar surface area (TPSA) is 47.1 Å². The zero-order valence-corrected chi connectivity index (χ0v) is 10.1. The number of aromatic nitrogens is 2. The van der Waals surface area contributed by atoms with Gasteiger partial charge in [-0.25, -0.2) is 0 Å². The molecule has 4 nitrogen and oxygen atoms in total. The lowest BCUT2D eigenvalue weighted by molar-refractivity contribution is 0.321. The van der Waals surface area contributed by atoms with Crippen molar-refractivity contribution in [3.63, 3.8) is 0 Å². The zero-order valence-electron chi connectivity index (χ0n) is 9.31. The molecule has 1 aromatic rings. The average molecular weight is 226 g/mol. The van der Waals surface area contributed by atoms with E-state index in [-0.39, 0.29) is 0 Å². The molecule has 1 heterocycles. The molecule has 0 amide bonds. The van der Waals surface area contributed by atoms with Crippen LogP contribution in [0.15, 0.2) is 12.4 Å². The lowest BCUT2D eigenvalue weighted by atomic mass is 10.3. The first-order valence-electron chi connectivity index (χ1n) is 5.17. The third-order valence-corrected chi connectivity index (χ3v) is 2.37. The molecular formula is C10H18N4S. The van der Waals surface area contributed by atoms with Gasteiger partial charge in [0.2, 0.25) is 0 Å². The van der Waals surface area contributed by atoms with Crippen molar-refractivity contribution >= 4 is 17.2 Å². The van der Waals surface area contributed by atoms with Crippen LogP contribution in [0.1, 0.15) is 19.4 Å². The molecule has 0 unspecified atom stereocenters. The monoisotopic (exact) mass is 226 g/mol. The Labute approximate surface area is 96.1 Å². The van der Waals surface area contributed by atoms with Gasteiger partial charge in [-0.2, -0.15) is 5.10 Å². The van der Waals surface area contributed by atoms with E-state index in [1.165, 1.54) is 5.56 Å². The number of likely N-dealkylation sites (N-methyl/N-ethyl adjacent to an activating group) is 1. The highest BCUT2D eigenvalue weighted by molar-refractivity contribution is 7.80. The number of hydrogen-bond donors (Lipinski definition) is 1. The lowest BCUT2D eigenvalue weighted by Gasteiger charge is -2.18. The Bertz CT molecular complexity index is 321. The van der Waals surface area contributed by atoms with Gasteiger partial charge in [-0.15, -0.1) is 0 Å². The molecule has 0 aromatic carbocycles. The summed E-state index contributed by atoms with van der Waals surface area (Å²) < 4.78 is 1.92. The van der Waals surface area contributed by atoms with Crippen LogP contribution in [0.2, 0.25) is 0 Å². The van der Waals surface area contributed by atoms with Crippen molar-refractivity contribution in [2.45, 2.75) is 26.9 Å². The van der Waals surface area contributed by atoms with Gasteiger partial charge in [-0.05, 0) is 13.5 Å². The summed E-state index contributed by atoms with van der Waals surface area (Å²) in [4.78, 5) is 2.74. The van der Waals surface area contributed by atoms with E-state index in [1.807, 2.05) is 10.9 Å². The van der Waals surface area contributed by atoms with Crippen LogP contribution in [0, 0.1) is 0 Å². The smallest absolute Gasteiger partial charge is 0.0870 e. The molecule has 84 valence electrons. The summed E-state index contributed by atoms with van der Waals surface area (Å²) in [5.74, 6) is 0. The van der Waals surface area contributed by atoms with Crippen molar-refractivity contribution in [3.8, 4) is 0 Å². The molecule has 5 heteroatoms. The van der Waals surface area contributed by atoms with Crippen molar-refractivity contribution in [3.05, 3.63) is 18.0 Å². The van der Waals surface area contributed by atoms with E-state index < -0.39 is 0 Å². The molecule has 0 aliphatic carbocycles. The molecular weight excluding hydrogens is 208 g/mol. The lowest BCUT2D eigenvalue weighted by Crippen LogP contribution is -2.32. The predicted molar refractivity (Wildman–Crippen MR) is 65.6 cm³/mol. The van der Waals surface area contributed by atoms with E-state index in [0.717, 1.165) is 19.6 Å². The minimum absolute atomic E-state index is 0.541. The molecule has 0 radical (unpaired) electrons. The standard InChI is InChI=1S/C10H18N4S/c1-3-13(8-10(11)15)6-9-5-12-14(4-2)7-9/h5,7H,3-4,6,8H2,1-2H3,(H2,11,15). The minimum Gasteiger partial charge on any atom is -0.392 e. The number of hydrogen-bond acceptors (Lipinski definition) is 3. The predicted octanol–water partition coefficient (Wildman–Crippen LogP) is 1.01. The molecule has 0 saturated carbocycles. The Morgan fingerprint density at radius 3 is 2.80 bits per heavy atom. The maximum absolute atomic E-state index is 5.52. The van der Waals surface area contributed by atoms with Crippen LogP contribution in [0.25, 0.3) is 0 Å². The van der Waals surface area contributed by atoms with E-state index in [9.17, 15) is 0 Å². The highest BCUT2D eigenvalue weighted by Crippen LogP contribution is 2.03. The Kier molecular flexibility index (Phi) is 4.71. The summed E-state index contributed by atoms with van der Waals surface area (Å²) in [6.07, 6.45) is 3.95. The van der Waals surface area contributed by atoms with Crippen molar-refractivity contribution < 1.29 is 0 Å². The molecule has 0 aliphatic rings. The number of nitrogens with two attached hydrogens (primary N) is 1. The van der Waals surface area contributed by atoms with Crippen LogP contribution in [0.4, 0.5) is 0 Å². The molecule has 1 rings (SSSR count). The summed E-state index contributed by atoms with van der Waals surface area (Å²) in [7, 11) is 0. The van der Waals surface area contributed by atoms with Crippen molar-refractivity contribution in [1.82, 2.24) is 14.7 Å². The van der Waals surface area contributed by atoms with Gasteiger partial charge in [0.05, 0.1) is 11.2 Å². The second-order valence-corrected chi connectivity index (χ2v) is 4.00. The Morgan fingerprint density at radius 1 is 1.60 bits per heavy atom. The number of rotatable bonds is 6. The zero-order chi connectivity index (χ0) is 11.3. The van der Waals surface area contributed by atoms with Crippen LogP contribution in [0.3, 0.4) is 0 Å². The van der Waals surface area contributed by atoms with Gasteiger partial charge in [0.15, 0.2) is 0 Å². The van der Waals surface area contributed by atoms with Gasteiger partial charge < -0.3 is 5.73 Å². The SMILES string of the molecule is CCN(CC(N)=S)Cc1cnn(CC)c1. The second-order valence-electron chi connectivity index (χ2n) is 3.47. The highest BCUT2D eigenvalue weighted by Gasteiger charge is 2.06. The van der Waals surface area contributed by atoms with E-state index in [2.05, 4.69) is 30.0 Å². The maximum Gasteiger partial charge on any atom is 0.0870 e. The van der Waals surface area contributed by atoms with Crippen LogP contribution in [-0.2, 0) is 13.1 Å². The molecule has 0 atom stereocenters. The summed E-state index contributed by atoms with van der Waals surface area (Å²) in [5, 5.41) is 4.23. The summed E-state index contributed by atoms with van der Waals surface area (Å²) in [5.41, 5.74) is 6.73. The van der Waals surface area contributed by atoms with Gasteiger partial charge in [0, 0.05) is 31.4 Å². The number of nitrogens with zero attached hydrogens (tertiary/aromatic N) is 3. The molecule has 0 bridgehead atoms. The minimum atomic E-state index is 0.541. The van der Waals surface area contributed by atoms with E-state index >= 15 is 0 Å². The second kappa shape index (κ2) is 5.82. The highest BCUT2D eigenvalue weighted by atomic mass is 32.1. The molecule has 1 aromatic heterocycles. The maximum atomic E-state index is 5.52. The fraction of sp³-hybridized carbons (Fsp3) is 0.600. The quantitative estimate of drug-likeness (QED) is 0.735. The van der Waals surface area contributed by atoms with Gasteiger partial charge in [-0.3, -0.25) is 9.58 Å². The first-order valence-corrected chi connectivity index (χ1v) is 5.58. The van der Waals surface area contributed by atoms with Crippen LogP contribution < -0.4 is 5.73 Å². The molecule has 0 spiro atoms. The van der Waals surface area contributed by atoms with Crippen LogP contribution >= 0.6 is 12.2 Å². The van der Waals surface area contributed by atoms with E-state index in [4.69, 9.17) is 18.0 Å². The fourth-order valence-corrected chi connectivity index (χ4v) is 1.60. The number of aryl methyl sites for hydroxylation is 1. The Balaban J connectivity index is 2.54. The van der Waals surface area contributed by atoms with Crippen LogP contribution in [-0.4, -0.2) is 32.8 Å². The van der Waals surface area contributed by atoms with Gasteiger partial charge >= 0.3 is 0 Å². The first-order chi connectivity index (χ1) is 7.15. The van der Waals surface area contributed by atoms with Gasteiger partial charge in [-0.1, -0.05) is 19.1 Å². The first kappa shape index (κ1) is 12.1. The molecule has 15 heavy (non-hydrogen) atoms. The third-order valence-electron chi connectivity index (χ3n) is 2.24. The third kappa shape index (κ3) is 3.97. The van der Waals surface area contributed by atoms with Gasteiger partial charge in [0.25, 0.3) is 0 Å². The summed E-state index contributed by atoms with van der Waals surface area (Å²) in [6, 6.07) is 0. The molecule has 2 N–H and O–H groups in total. The largest absolute Gasteiger partial charge is 0.392 e. The Morgan fingerprint density at radius 2 is 2.33 bits per heavy atom. The van der Waals surface area contributed by atoms with Crippen molar-refractivity contribution in [2.75, 3.05) is 13.1 Å². The normalized spacial score (nSPS) is 10.9. The van der Waals surface area contributed by atoms with Crippen molar-refractivity contribution in [2.24, 2.45) is 5.73 Å². The van der Waals surface area contributed by atoms with E-state index in [1.54, 1.807) is 0 Å². The van der Waals surface area contributed by atoms with Gasteiger partial charge in [0.1, 0.15) is 0 Å². The van der Waals surface area contributed by atoms with Crippen molar-refractivity contribution in [1.29, 1.82) is 0 Å². The van der Waals surface area contributed by atoms with E-state index in [0.29, 0.717) is 11.5 Å². The molecule has 0 aliphatic heterocycles. The molecule has 0 fully saturated rings. The molecule has 0 saturated heterocycles. The van der Waals surface area contributed by atoms with Crippen LogP contribution in [0.5, 0.6) is 0 Å².